The minimum Gasteiger partial charge on any atom is -0.550 e. The minimum absolute atomic E-state index is 0.138. The number of rotatable bonds is 6. The average molecular weight is 351 g/mol. The topological polar surface area (TPSA) is 82.0 Å². The lowest BCUT2D eigenvalue weighted by Gasteiger charge is -2.22. The van der Waals surface area contributed by atoms with Crippen LogP contribution in [0.4, 0.5) is 0 Å². The number of amides is 1. The zero-order chi connectivity index (χ0) is 18.5. The van der Waals surface area contributed by atoms with Crippen molar-refractivity contribution in [2.45, 2.75) is 25.3 Å². The van der Waals surface area contributed by atoms with Crippen molar-refractivity contribution in [3.63, 3.8) is 0 Å². The molecule has 0 aliphatic carbocycles. The van der Waals surface area contributed by atoms with Gasteiger partial charge in [-0.2, -0.15) is 5.10 Å². The summed E-state index contributed by atoms with van der Waals surface area (Å²) in [4.78, 5) is 23.2. The third-order valence-corrected chi connectivity index (χ3v) is 4.32. The Balaban J connectivity index is 1.88. The lowest BCUT2D eigenvalue weighted by molar-refractivity contribution is -0.305. The van der Waals surface area contributed by atoms with E-state index in [2.05, 4.69) is 5.10 Å². The molecule has 6 heteroatoms. The number of hydrogen-bond acceptors (Lipinski definition) is 5. The summed E-state index contributed by atoms with van der Waals surface area (Å²) >= 11 is 0. The maximum atomic E-state index is 12.5. The molecule has 0 fully saturated rings. The van der Waals surface area contributed by atoms with Crippen molar-refractivity contribution in [2.75, 3.05) is 7.11 Å². The summed E-state index contributed by atoms with van der Waals surface area (Å²) in [6, 6.07) is 16.8. The molecule has 0 saturated heterocycles. The van der Waals surface area contributed by atoms with E-state index in [0.29, 0.717) is 6.42 Å². The predicted molar refractivity (Wildman–Crippen MR) is 94.4 cm³/mol. The summed E-state index contributed by atoms with van der Waals surface area (Å²) in [5.74, 6) is -0.850. The molecule has 134 valence electrons. The molecule has 1 atom stereocenters. The Labute approximate surface area is 151 Å². The van der Waals surface area contributed by atoms with Gasteiger partial charge in [-0.05, 0) is 29.7 Å². The quantitative estimate of drug-likeness (QED) is 0.796. The fourth-order valence-electron chi connectivity index (χ4n) is 2.95. The third kappa shape index (κ3) is 3.91. The molecule has 1 aliphatic rings. The van der Waals surface area contributed by atoms with Gasteiger partial charge in [-0.15, -0.1) is 0 Å². The second-order valence-corrected chi connectivity index (χ2v) is 6.02. The van der Waals surface area contributed by atoms with Crippen LogP contribution in [0.5, 0.6) is 5.75 Å². The van der Waals surface area contributed by atoms with Crippen LogP contribution in [0, 0.1) is 0 Å². The van der Waals surface area contributed by atoms with E-state index in [1.165, 1.54) is 5.01 Å². The summed E-state index contributed by atoms with van der Waals surface area (Å²) in [6.45, 7) is 0. The highest BCUT2D eigenvalue weighted by Crippen LogP contribution is 2.34. The summed E-state index contributed by atoms with van der Waals surface area (Å²) in [6.07, 6.45) is 0.106. The van der Waals surface area contributed by atoms with Gasteiger partial charge in [-0.25, -0.2) is 5.01 Å². The number of benzene rings is 2. The van der Waals surface area contributed by atoms with Crippen molar-refractivity contribution >= 4 is 17.6 Å². The summed E-state index contributed by atoms with van der Waals surface area (Å²) < 4.78 is 5.18. The SMILES string of the molecule is COc1ccc([C@H]2CC(c3ccccc3)=NN2C(=O)CCC(=O)[O-])cc1. The van der Waals surface area contributed by atoms with Crippen molar-refractivity contribution in [1.29, 1.82) is 0 Å². The van der Waals surface area contributed by atoms with Gasteiger partial charge in [0, 0.05) is 18.8 Å². The van der Waals surface area contributed by atoms with Crippen LogP contribution in [0.2, 0.25) is 0 Å². The van der Waals surface area contributed by atoms with E-state index in [4.69, 9.17) is 4.74 Å². The number of ether oxygens (including phenoxy) is 1. The number of carbonyl (C=O) groups is 2. The monoisotopic (exact) mass is 351 g/mol. The normalized spacial score (nSPS) is 16.3. The van der Waals surface area contributed by atoms with Crippen molar-refractivity contribution in [3.8, 4) is 5.75 Å². The Hall–Kier alpha value is -3.15. The van der Waals surface area contributed by atoms with Crippen LogP contribution in [0.1, 0.15) is 36.4 Å². The molecule has 0 aromatic heterocycles. The van der Waals surface area contributed by atoms with Gasteiger partial charge in [0.05, 0.1) is 18.9 Å². The first-order valence-electron chi connectivity index (χ1n) is 8.37. The zero-order valence-electron chi connectivity index (χ0n) is 14.4. The molecule has 26 heavy (non-hydrogen) atoms. The number of carboxylic acids is 1. The number of hydrazone groups is 1. The van der Waals surface area contributed by atoms with Gasteiger partial charge in [0.1, 0.15) is 5.75 Å². The van der Waals surface area contributed by atoms with Crippen LogP contribution < -0.4 is 9.84 Å². The Morgan fingerprint density at radius 2 is 1.81 bits per heavy atom. The van der Waals surface area contributed by atoms with Gasteiger partial charge >= 0.3 is 0 Å². The molecule has 6 nitrogen and oxygen atoms in total. The van der Waals surface area contributed by atoms with Gasteiger partial charge in [0.2, 0.25) is 5.91 Å². The number of carbonyl (C=O) groups excluding carboxylic acids is 2. The largest absolute Gasteiger partial charge is 0.550 e. The smallest absolute Gasteiger partial charge is 0.243 e. The van der Waals surface area contributed by atoms with Crippen molar-refractivity contribution < 1.29 is 19.4 Å². The number of carboxylic acid groups (broad SMARTS) is 1. The van der Waals surface area contributed by atoms with Crippen molar-refractivity contribution in [2.24, 2.45) is 5.10 Å². The van der Waals surface area contributed by atoms with E-state index in [1.807, 2.05) is 54.6 Å². The van der Waals surface area contributed by atoms with E-state index in [1.54, 1.807) is 7.11 Å². The number of aliphatic carboxylic acids is 1. The molecule has 2 aromatic rings. The van der Waals surface area contributed by atoms with Gasteiger partial charge in [0.25, 0.3) is 0 Å². The summed E-state index contributed by atoms with van der Waals surface area (Å²) in [5.41, 5.74) is 2.66. The Morgan fingerprint density at radius 1 is 1.12 bits per heavy atom. The van der Waals surface area contributed by atoms with Crippen molar-refractivity contribution in [1.82, 2.24) is 5.01 Å². The molecule has 0 bridgehead atoms. The number of methoxy groups -OCH3 is 1. The average Bonchev–Trinajstić information content (AvgIpc) is 3.12. The molecule has 1 aliphatic heterocycles. The van der Waals surface area contributed by atoms with Crippen LogP contribution >= 0.6 is 0 Å². The number of nitrogens with zero attached hydrogens (tertiary/aromatic N) is 2. The Bertz CT molecular complexity index is 815. The molecule has 0 saturated carbocycles. The Kier molecular flexibility index (Phi) is 5.31. The predicted octanol–water partition coefficient (Wildman–Crippen LogP) is 1.90. The van der Waals surface area contributed by atoms with E-state index >= 15 is 0 Å². The van der Waals surface area contributed by atoms with Gasteiger partial charge in [0.15, 0.2) is 0 Å². The maximum Gasteiger partial charge on any atom is 0.243 e. The standard InChI is InChI=1S/C20H20N2O4/c1-26-16-9-7-15(8-10-16)18-13-17(14-5-3-2-4-6-14)21-22(18)19(23)11-12-20(24)25/h2-10,18H,11-13H2,1H3,(H,24,25)/p-1/t18-/m1/s1. The van der Waals surface area contributed by atoms with Gasteiger partial charge in [-0.1, -0.05) is 42.5 Å². The highest BCUT2D eigenvalue weighted by molar-refractivity contribution is 6.03. The highest BCUT2D eigenvalue weighted by Gasteiger charge is 2.32. The van der Waals surface area contributed by atoms with Crippen LogP contribution in [0.15, 0.2) is 59.7 Å². The molecule has 0 spiro atoms. The molecular weight excluding hydrogens is 332 g/mol. The van der Waals surface area contributed by atoms with E-state index in [9.17, 15) is 14.7 Å². The number of hydrogen-bond donors (Lipinski definition) is 0. The lowest BCUT2D eigenvalue weighted by Crippen LogP contribution is -2.29. The first-order chi connectivity index (χ1) is 12.6. The van der Waals surface area contributed by atoms with Crippen LogP contribution in [0.25, 0.3) is 0 Å². The van der Waals surface area contributed by atoms with Crippen LogP contribution in [-0.2, 0) is 9.59 Å². The second-order valence-electron chi connectivity index (χ2n) is 6.02. The van der Waals surface area contributed by atoms with E-state index < -0.39 is 5.97 Å². The molecular formula is C20H19N2O4-. The molecule has 0 N–H and O–H groups in total. The van der Waals surface area contributed by atoms with E-state index in [0.717, 1.165) is 22.6 Å². The fourth-order valence-corrected chi connectivity index (χ4v) is 2.95. The highest BCUT2D eigenvalue weighted by atomic mass is 16.5. The zero-order valence-corrected chi connectivity index (χ0v) is 14.4. The molecule has 1 heterocycles. The first kappa shape index (κ1) is 17.7. The molecule has 0 radical (unpaired) electrons. The molecule has 1 amide bonds. The van der Waals surface area contributed by atoms with Crippen LogP contribution in [-0.4, -0.2) is 29.7 Å². The van der Waals surface area contributed by atoms with Gasteiger partial charge in [-0.3, -0.25) is 4.79 Å². The molecule has 0 unspecified atom stereocenters. The second kappa shape index (κ2) is 7.82. The molecule has 3 rings (SSSR count). The fraction of sp³-hybridized carbons (Fsp3) is 0.250. The van der Waals surface area contributed by atoms with Crippen LogP contribution in [0.3, 0.4) is 0 Å². The maximum absolute atomic E-state index is 12.5. The lowest BCUT2D eigenvalue weighted by atomic mass is 9.98. The molecule has 2 aromatic carbocycles. The van der Waals surface area contributed by atoms with Gasteiger partial charge < -0.3 is 14.6 Å². The summed E-state index contributed by atoms with van der Waals surface area (Å²) in [5, 5.41) is 16.6. The minimum atomic E-state index is -1.24. The summed E-state index contributed by atoms with van der Waals surface area (Å²) in [7, 11) is 1.59. The van der Waals surface area contributed by atoms with E-state index in [-0.39, 0.29) is 24.8 Å². The third-order valence-electron chi connectivity index (χ3n) is 4.32. The Morgan fingerprint density at radius 3 is 2.42 bits per heavy atom. The first-order valence-corrected chi connectivity index (χ1v) is 8.37. The van der Waals surface area contributed by atoms with Crippen molar-refractivity contribution in [3.05, 3.63) is 65.7 Å².